The van der Waals surface area contributed by atoms with Gasteiger partial charge in [-0.1, -0.05) is 24.3 Å². The van der Waals surface area contributed by atoms with Gasteiger partial charge < -0.3 is 24.5 Å². The Bertz CT molecular complexity index is 2350. The fourth-order valence-electron chi connectivity index (χ4n) is 5.80. The summed E-state index contributed by atoms with van der Waals surface area (Å²) in [6.07, 6.45) is -0.402. The number of pyridine rings is 1. The van der Waals surface area contributed by atoms with E-state index < -0.39 is 83.3 Å². The van der Waals surface area contributed by atoms with Crippen LogP contribution in [0.3, 0.4) is 0 Å². The molecule has 17 heteroatoms. The average Bonchev–Trinajstić information content (AvgIpc) is 3.07. The summed E-state index contributed by atoms with van der Waals surface area (Å²) >= 11 is 0. The summed E-state index contributed by atoms with van der Waals surface area (Å²) < 4.78 is 76.9. The monoisotopic (exact) mass is 740 g/mol. The number of hydrogen-bond acceptors (Lipinski definition) is 13. The molecule has 0 aliphatic heterocycles. The van der Waals surface area contributed by atoms with Crippen LogP contribution in [0.25, 0.3) is 22.0 Å². The average molecular weight is 741 g/mol. The summed E-state index contributed by atoms with van der Waals surface area (Å²) in [6, 6.07) is 12.1. The van der Waals surface area contributed by atoms with E-state index in [-0.39, 0.29) is 63.7 Å². The highest BCUT2D eigenvalue weighted by atomic mass is 32.2. The maximum absolute atomic E-state index is 14.0. The Balaban J connectivity index is 1.60. The van der Waals surface area contributed by atoms with E-state index in [1.54, 1.807) is 12.1 Å². The van der Waals surface area contributed by atoms with Crippen molar-refractivity contribution in [3.8, 4) is 11.1 Å². The first-order chi connectivity index (χ1) is 24.1. The first-order valence-corrected chi connectivity index (χ1v) is 18.7. The zero-order valence-electron chi connectivity index (χ0n) is 27.5. The number of esters is 3. The van der Waals surface area contributed by atoms with Crippen LogP contribution in [0.2, 0.25) is 0 Å². The van der Waals surface area contributed by atoms with Crippen molar-refractivity contribution in [3.63, 3.8) is 0 Å². The van der Waals surface area contributed by atoms with Crippen molar-refractivity contribution >= 4 is 65.9 Å². The molecule has 15 nitrogen and oxygen atoms in total. The topological polar surface area (TPSA) is 229 Å². The molecule has 0 saturated carbocycles. The lowest BCUT2D eigenvalue weighted by Crippen LogP contribution is -2.30. The molecule has 1 aliphatic carbocycles. The van der Waals surface area contributed by atoms with Gasteiger partial charge in [0.2, 0.25) is 0 Å². The zero-order valence-corrected chi connectivity index (χ0v) is 29.1. The third-order valence-electron chi connectivity index (χ3n) is 7.99. The molecule has 0 radical (unpaired) electrons. The first-order valence-electron chi connectivity index (χ1n) is 15.6. The van der Waals surface area contributed by atoms with Crippen LogP contribution in [-0.4, -0.2) is 75.6 Å². The number of anilines is 2. The van der Waals surface area contributed by atoms with Gasteiger partial charge >= 0.3 is 17.9 Å². The van der Waals surface area contributed by atoms with E-state index in [1.165, 1.54) is 57.2 Å². The summed E-state index contributed by atoms with van der Waals surface area (Å²) in [4.78, 5) is 66.5. The van der Waals surface area contributed by atoms with Crippen LogP contribution in [-0.2, 0) is 43.8 Å². The van der Waals surface area contributed by atoms with Crippen LogP contribution < -0.4 is 10.9 Å². The fraction of sp³-hybridized carbons (Fsp3) is 0.265. The second-order valence-corrected chi connectivity index (χ2v) is 14.6. The number of ketones is 1. The zero-order chi connectivity index (χ0) is 37.2. The number of aromatic nitrogens is 1. The standard InChI is InChI=1S/C34H32N2O13S2/c1-4-47-32(39)22(33(40)48-5-2)15-16-50(42,43)19-13-11-18(12-14-19)35-23-17-24(51(44,45)46)29-27-25(28(31(38)36-29)34(41)49-6-3)20-9-7-8-10-21(20)30(37)26(23)27/h7-14,17,22,35H,4-6,15-16H2,1-3H3,(H,36,38)(H,44,45,46). The summed E-state index contributed by atoms with van der Waals surface area (Å²) in [5, 5.41) is 2.76. The number of ether oxygens (including phenoxy) is 3. The first kappa shape index (κ1) is 36.9. The van der Waals surface area contributed by atoms with E-state index in [0.717, 1.165) is 6.07 Å². The molecule has 0 amide bonds. The van der Waals surface area contributed by atoms with Crippen molar-refractivity contribution in [2.75, 3.05) is 30.9 Å². The van der Waals surface area contributed by atoms with Gasteiger partial charge in [-0.15, -0.1) is 0 Å². The van der Waals surface area contributed by atoms with Gasteiger partial charge in [0.15, 0.2) is 21.5 Å². The number of benzene rings is 3. The minimum atomic E-state index is -5.06. The molecule has 0 spiro atoms. The van der Waals surface area contributed by atoms with E-state index in [2.05, 4.69) is 10.3 Å². The van der Waals surface area contributed by atoms with Crippen LogP contribution in [0.5, 0.6) is 0 Å². The van der Waals surface area contributed by atoms with Crippen LogP contribution in [0, 0.1) is 5.92 Å². The van der Waals surface area contributed by atoms with Gasteiger partial charge in [-0.05, 0) is 63.1 Å². The maximum atomic E-state index is 14.0. The van der Waals surface area contributed by atoms with E-state index in [4.69, 9.17) is 14.2 Å². The van der Waals surface area contributed by atoms with Gasteiger partial charge in [-0.3, -0.25) is 23.7 Å². The van der Waals surface area contributed by atoms with Gasteiger partial charge in [0, 0.05) is 22.2 Å². The molecule has 3 N–H and O–H groups in total. The predicted molar refractivity (Wildman–Crippen MR) is 182 cm³/mol. The Morgan fingerprint density at radius 2 is 1.41 bits per heavy atom. The Kier molecular flexibility index (Phi) is 10.5. The van der Waals surface area contributed by atoms with Crippen LogP contribution in [0.15, 0.2) is 69.2 Å². The molecule has 0 saturated heterocycles. The molecule has 0 atom stereocenters. The Labute approximate surface area is 291 Å². The molecule has 1 heterocycles. The molecule has 0 unspecified atom stereocenters. The quantitative estimate of drug-likeness (QED) is 0.0675. The lowest BCUT2D eigenvalue weighted by Gasteiger charge is -2.25. The molecule has 268 valence electrons. The largest absolute Gasteiger partial charge is 0.465 e. The second kappa shape index (κ2) is 14.5. The third kappa shape index (κ3) is 7.13. The van der Waals surface area contributed by atoms with Crippen molar-refractivity contribution in [1.29, 1.82) is 0 Å². The number of fused-ring (bicyclic) bond motifs is 2. The Hall–Kier alpha value is -5.39. The van der Waals surface area contributed by atoms with Gasteiger partial charge in [0.25, 0.3) is 15.7 Å². The molecule has 4 aromatic rings. The van der Waals surface area contributed by atoms with E-state index >= 15 is 0 Å². The van der Waals surface area contributed by atoms with E-state index in [1.807, 2.05) is 0 Å². The van der Waals surface area contributed by atoms with E-state index in [0.29, 0.717) is 0 Å². The summed E-state index contributed by atoms with van der Waals surface area (Å²) in [6.45, 7) is 4.47. The Morgan fingerprint density at radius 3 is 1.98 bits per heavy atom. The number of H-pyrrole nitrogens is 1. The molecule has 0 fully saturated rings. The SMILES string of the molecule is CCOC(=O)c1c2c3c(c(Nc4ccc(S(=O)(=O)CCC(C(=O)OCC)C(=O)OCC)cc4)cc(S(=O)(=O)O)c3[nH]c1=O)C(=O)c1ccccc1-2. The van der Waals surface area contributed by atoms with Gasteiger partial charge in [-0.25, -0.2) is 13.2 Å². The lowest BCUT2D eigenvalue weighted by atomic mass is 9.81. The normalized spacial score (nSPS) is 12.4. The number of hydrogen-bond donors (Lipinski definition) is 3. The fourth-order valence-corrected chi connectivity index (χ4v) is 7.81. The summed E-state index contributed by atoms with van der Waals surface area (Å²) in [5.74, 6) is -5.50. The number of sulfone groups is 1. The van der Waals surface area contributed by atoms with Crippen LogP contribution in [0.1, 0.15) is 53.5 Å². The summed E-state index contributed by atoms with van der Waals surface area (Å²) in [5.41, 5.74) is -1.85. The third-order valence-corrected chi connectivity index (χ3v) is 10.6. The molecular formula is C34H32N2O13S2. The van der Waals surface area contributed by atoms with Crippen molar-refractivity contribution in [2.24, 2.45) is 5.92 Å². The van der Waals surface area contributed by atoms with Gasteiger partial charge in [-0.2, -0.15) is 8.42 Å². The van der Waals surface area contributed by atoms with Gasteiger partial charge in [0.05, 0.1) is 47.2 Å². The van der Waals surface area contributed by atoms with Crippen molar-refractivity contribution in [3.05, 3.63) is 81.6 Å². The summed E-state index contributed by atoms with van der Waals surface area (Å²) in [7, 11) is -9.12. The van der Waals surface area contributed by atoms with Gasteiger partial charge in [0.1, 0.15) is 10.5 Å². The molecule has 51 heavy (non-hydrogen) atoms. The molecule has 1 aromatic heterocycles. The Morgan fingerprint density at radius 1 is 0.824 bits per heavy atom. The molecule has 0 bridgehead atoms. The minimum Gasteiger partial charge on any atom is -0.465 e. The lowest BCUT2D eigenvalue weighted by molar-refractivity contribution is -0.161. The number of nitrogens with one attached hydrogen (secondary N) is 2. The molecule has 1 aliphatic rings. The molecular weight excluding hydrogens is 709 g/mol. The number of aromatic amines is 1. The highest BCUT2D eigenvalue weighted by Crippen LogP contribution is 2.45. The highest BCUT2D eigenvalue weighted by molar-refractivity contribution is 7.91. The predicted octanol–water partition coefficient (Wildman–Crippen LogP) is 3.81. The van der Waals surface area contributed by atoms with Crippen LogP contribution in [0.4, 0.5) is 11.4 Å². The maximum Gasteiger partial charge on any atom is 0.344 e. The second-order valence-electron chi connectivity index (χ2n) is 11.1. The minimum absolute atomic E-state index is 0.0233. The molecule has 5 rings (SSSR count). The highest BCUT2D eigenvalue weighted by Gasteiger charge is 2.36. The number of carbonyl (C=O) groups is 4. The number of rotatable bonds is 13. The van der Waals surface area contributed by atoms with E-state index in [9.17, 15) is 45.4 Å². The van der Waals surface area contributed by atoms with Crippen molar-refractivity contribution in [2.45, 2.75) is 37.0 Å². The smallest absolute Gasteiger partial charge is 0.344 e. The van der Waals surface area contributed by atoms with Crippen molar-refractivity contribution < 1.29 is 54.8 Å². The van der Waals surface area contributed by atoms with Crippen molar-refractivity contribution in [1.82, 2.24) is 4.98 Å². The number of carbonyl (C=O) groups excluding carboxylic acids is 4. The van der Waals surface area contributed by atoms with Crippen LogP contribution >= 0.6 is 0 Å². The molecule has 3 aromatic carbocycles.